The molecule has 4 nitrogen and oxygen atoms in total. The Morgan fingerprint density at radius 1 is 0.682 bits per heavy atom. The highest BCUT2D eigenvalue weighted by molar-refractivity contribution is 5.74. The normalized spacial score (nSPS) is 36.8. The number of hydrogen-bond acceptors (Lipinski definition) is 2. The third kappa shape index (κ3) is 3.27. The summed E-state index contributed by atoms with van der Waals surface area (Å²) in [5.41, 5.74) is 0. The van der Waals surface area contributed by atoms with Crippen LogP contribution in [0.2, 0.25) is 0 Å². The highest BCUT2D eigenvalue weighted by atomic mass is 16.2. The molecular weight excluding hydrogens is 274 g/mol. The van der Waals surface area contributed by atoms with Crippen molar-refractivity contribution in [2.75, 3.05) is 0 Å². The Hall–Kier alpha value is -0.770. The fraction of sp³-hybridized carbons (Fsp3) is 0.944. The van der Waals surface area contributed by atoms with Crippen molar-refractivity contribution in [3.8, 4) is 0 Å². The van der Waals surface area contributed by atoms with Crippen LogP contribution in [0.25, 0.3) is 0 Å². The first-order valence-electron chi connectivity index (χ1n) is 9.64. The van der Waals surface area contributed by atoms with Crippen LogP contribution in [0.4, 0.5) is 4.79 Å². The van der Waals surface area contributed by atoms with Gasteiger partial charge in [0.1, 0.15) is 0 Å². The Kier molecular flexibility index (Phi) is 4.29. The van der Waals surface area contributed by atoms with Gasteiger partial charge in [0.15, 0.2) is 0 Å². The molecule has 0 aromatic heterocycles. The van der Waals surface area contributed by atoms with E-state index in [2.05, 4.69) is 15.5 Å². The molecule has 2 saturated heterocycles. The Labute approximate surface area is 134 Å². The second-order valence-electron chi connectivity index (χ2n) is 8.04. The van der Waals surface area contributed by atoms with Crippen LogP contribution < -0.4 is 10.6 Å². The van der Waals surface area contributed by atoms with Crippen molar-refractivity contribution < 1.29 is 4.79 Å². The number of carbonyl (C=O) groups is 1. The van der Waals surface area contributed by atoms with Gasteiger partial charge in [-0.1, -0.05) is 25.7 Å². The average molecular weight is 305 g/mol. The van der Waals surface area contributed by atoms with Crippen LogP contribution in [0.5, 0.6) is 0 Å². The van der Waals surface area contributed by atoms with Crippen LogP contribution in [-0.2, 0) is 0 Å². The van der Waals surface area contributed by atoms with Crippen LogP contribution in [0.3, 0.4) is 0 Å². The molecule has 22 heavy (non-hydrogen) atoms. The minimum Gasteiger partial charge on any atom is -0.335 e. The van der Waals surface area contributed by atoms with Crippen LogP contribution in [0.1, 0.15) is 77.0 Å². The molecule has 4 aliphatic rings. The summed E-state index contributed by atoms with van der Waals surface area (Å²) in [6.07, 6.45) is 15.4. The number of nitrogens with zero attached hydrogens (tertiary/aromatic N) is 1. The lowest BCUT2D eigenvalue weighted by Crippen LogP contribution is -2.59. The molecule has 0 aromatic rings. The summed E-state index contributed by atoms with van der Waals surface area (Å²) >= 11 is 0. The van der Waals surface area contributed by atoms with Gasteiger partial charge in [0, 0.05) is 30.2 Å². The zero-order valence-electron chi connectivity index (χ0n) is 13.7. The van der Waals surface area contributed by atoms with Gasteiger partial charge in [0.05, 0.1) is 0 Å². The third-order valence-electron chi connectivity index (χ3n) is 6.28. The van der Waals surface area contributed by atoms with Gasteiger partial charge >= 0.3 is 6.03 Å². The van der Waals surface area contributed by atoms with Crippen molar-refractivity contribution in [2.45, 2.75) is 107 Å². The smallest absolute Gasteiger partial charge is 0.315 e. The second kappa shape index (κ2) is 6.38. The van der Waals surface area contributed by atoms with Gasteiger partial charge in [0.25, 0.3) is 0 Å². The first kappa shape index (κ1) is 14.8. The lowest BCUT2D eigenvalue weighted by atomic mass is 9.81. The first-order chi connectivity index (χ1) is 10.8. The molecule has 2 aliphatic heterocycles. The molecule has 0 spiro atoms. The molecule has 2 amide bonds. The number of amides is 2. The summed E-state index contributed by atoms with van der Waals surface area (Å²) in [6.45, 7) is 0. The van der Waals surface area contributed by atoms with Gasteiger partial charge in [0.2, 0.25) is 0 Å². The summed E-state index contributed by atoms with van der Waals surface area (Å²) in [5.74, 6) is 0. The van der Waals surface area contributed by atoms with Crippen molar-refractivity contribution in [1.82, 2.24) is 15.5 Å². The predicted molar refractivity (Wildman–Crippen MR) is 87.9 cm³/mol. The number of rotatable bonds is 3. The SMILES string of the molecule is O=C(NC1CCCCC1)NC1C[C@@H]2CCC[C@@H](C1)N2C1CC1. The number of urea groups is 1. The molecule has 4 rings (SSSR count). The van der Waals surface area contributed by atoms with Gasteiger partial charge in [-0.3, -0.25) is 4.90 Å². The maximum atomic E-state index is 12.3. The Morgan fingerprint density at radius 2 is 1.32 bits per heavy atom. The number of piperidine rings is 2. The number of nitrogens with one attached hydrogen (secondary N) is 2. The molecule has 2 atom stereocenters. The molecule has 2 bridgehead atoms. The lowest BCUT2D eigenvalue weighted by molar-refractivity contribution is 0.0194. The van der Waals surface area contributed by atoms with E-state index >= 15 is 0 Å². The Morgan fingerprint density at radius 3 is 1.95 bits per heavy atom. The van der Waals surface area contributed by atoms with E-state index in [9.17, 15) is 4.79 Å². The van der Waals surface area contributed by atoms with Gasteiger partial charge in [-0.25, -0.2) is 4.79 Å². The van der Waals surface area contributed by atoms with E-state index in [1.54, 1.807) is 0 Å². The summed E-state index contributed by atoms with van der Waals surface area (Å²) in [4.78, 5) is 15.1. The van der Waals surface area contributed by atoms with Crippen LogP contribution >= 0.6 is 0 Å². The zero-order valence-corrected chi connectivity index (χ0v) is 13.7. The van der Waals surface area contributed by atoms with E-state index in [4.69, 9.17) is 0 Å². The highest BCUT2D eigenvalue weighted by Gasteiger charge is 2.45. The summed E-state index contributed by atoms with van der Waals surface area (Å²) in [6, 6.07) is 3.26. The fourth-order valence-electron chi connectivity index (χ4n) is 5.16. The molecule has 0 radical (unpaired) electrons. The Balaban J connectivity index is 1.29. The van der Waals surface area contributed by atoms with E-state index in [1.165, 1.54) is 77.0 Å². The van der Waals surface area contributed by atoms with Gasteiger partial charge < -0.3 is 10.6 Å². The zero-order chi connectivity index (χ0) is 14.9. The van der Waals surface area contributed by atoms with Crippen LogP contribution in [0.15, 0.2) is 0 Å². The second-order valence-corrected chi connectivity index (χ2v) is 8.04. The average Bonchev–Trinajstić information content (AvgIpc) is 3.31. The highest BCUT2D eigenvalue weighted by Crippen LogP contribution is 2.41. The number of carbonyl (C=O) groups excluding carboxylic acids is 1. The molecule has 4 heteroatoms. The molecule has 2 N–H and O–H groups in total. The van der Waals surface area contributed by atoms with Gasteiger partial charge in [-0.2, -0.15) is 0 Å². The van der Waals surface area contributed by atoms with Crippen LogP contribution in [0, 0.1) is 0 Å². The molecule has 0 unspecified atom stereocenters. The Bertz CT molecular complexity index is 389. The van der Waals surface area contributed by atoms with Gasteiger partial charge in [-0.05, 0) is 51.4 Å². The van der Waals surface area contributed by atoms with E-state index < -0.39 is 0 Å². The van der Waals surface area contributed by atoms with E-state index in [0.717, 1.165) is 18.1 Å². The maximum Gasteiger partial charge on any atom is 0.315 e. The number of hydrogen-bond donors (Lipinski definition) is 2. The first-order valence-corrected chi connectivity index (χ1v) is 9.64. The van der Waals surface area contributed by atoms with E-state index in [-0.39, 0.29) is 6.03 Å². The molecule has 2 heterocycles. The minimum atomic E-state index is 0.0924. The number of fused-ring (bicyclic) bond motifs is 2. The van der Waals surface area contributed by atoms with Crippen molar-refractivity contribution >= 4 is 6.03 Å². The molecule has 4 fully saturated rings. The minimum absolute atomic E-state index is 0.0924. The largest absolute Gasteiger partial charge is 0.335 e. The molecule has 0 aromatic carbocycles. The maximum absolute atomic E-state index is 12.3. The van der Waals surface area contributed by atoms with Crippen molar-refractivity contribution in [3.63, 3.8) is 0 Å². The van der Waals surface area contributed by atoms with Crippen molar-refractivity contribution in [1.29, 1.82) is 0 Å². The quantitative estimate of drug-likeness (QED) is 0.841. The topological polar surface area (TPSA) is 44.4 Å². The fourth-order valence-corrected chi connectivity index (χ4v) is 5.16. The predicted octanol–water partition coefficient (Wildman–Crippen LogP) is 3.17. The molecule has 124 valence electrons. The molecular formula is C18H31N3O. The van der Waals surface area contributed by atoms with E-state index in [0.29, 0.717) is 12.1 Å². The van der Waals surface area contributed by atoms with Crippen molar-refractivity contribution in [2.24, 2.45) is 0 Å². The molecule has 2 saturated carbocycles. The van der Waals surface area contributed by atoms with Crippen LogP contribution in [-0.4, -0.2) is 41.1 Å². The van der Waals surface area contributed by atoms with Gasteiger partial charge in [-0.15, -0.1) is 0 Å². The third-order valence-corrected chi connectivity index (χ3v) is 6.28. The van der Waals surface area contributed by atoms with E-state index in [1.807, 2.05) is 0 Å². The summed E-state index contributed by atoms with van der Waals surface area (Å²) in [7, 11) is 0. The standard InChI is InChI=1S/C18H31N3O/c22-18(19-13-5-2-1-3-6-13)20-14-11-16-7-4-8-17(12-14)21(16)15-9-10-15/h13-17H,1-12H2,(H2,19,20,22)/t16-,17-/m0/s1. The summed E-state index contributed by atoms with van der Waals surface area (Å²) in [5, 5.41) is 6.51. The van der Waals surface area contributed by atoms with Crippen molar-refractivity contribution in [3.05, 3.63) is 0 Å². The molecule has 2 aliphatic carbocycles. The summed E-state index contributed by atoms with van der Waals surface area (Å²) < 4.78 is 0. The monoisotopic (exact) mass is 305 g/mol. The lowest BCUT2D eigenvalue weighted by Gasteiger charge is -2.49.